The summed E-state index contributed by atoms with van der Waals surface area (Å²) in [5, 5.41) is 2.03. The van der Waals surface area contributed by atoms with Crippen LogP contribution in [0.25, 0.3) is 0 Å². The second kappa shape index (κ2) is 10.6. The first-order valence-corrected chi connectivity index (χ1v) is 14.4. The summed E-state index contributed by atoms with van der Waals surface area (Å²) in [6, 6.07) is 7.69. The van der Waals surface area contributed by atoms with Gasteiger partial charge in [-0.05, 0) is 31.4 Å². The van der Waals surface area contributed by atoms with E-state index in [1.165, 1.54) is 0 Å². The second-order valence-corrected chi connectivity index (χ2v) is 12.2. The minimum atomic E-state index is -3.45. The number of hydrogen-bond acceptors (Lipinski definition) is 6. The van der Waals surface area contributed by atoms with Gasteiger partial charge in [0.05, 0.1) is 0 Å². The Bertz CT molecular complexity index is 1020. The normalized spacial score (nSPS) is 19.1. The first-order chi connectivity index (χ1) is 15.4. The molecule has 7 nitrogen and oxygen atoms in total. The number of hydrogen-bond donors (Lipinski definition) is 0. The van der Waals surface area contributed by atoms with E-state index >= 15 is 0 Å². The molecule has 0 saturated carbocycles. The van der Waals surface area contributed by atoms with Crippen LogP contribution in [0.5, 0.6) is 0 Å². The molecule has 1 amide bonds. The molecule has 174 valence electrons. The van der Waals surface area contributed by atoms with E-state index in [9.17, 15) is 13.2 Å². The van der Waals surface area contributed by atoms with Gasteiger partial charge in [-0.15, -0.1) is 11.3 Å². The summed E-state index contributed by atoms with van der Waals surface area (Å²) in [7, 11) is -3.45. The van der Waals surface area contributed by atoms with Crippen molar-refractivity contribution in [1.29, 1.82) is 0 Å². The van der Waals surface area contributed by atoms with Gasteiger partial charge in [-0.25, -0.2) is 4.98 Å². The van der Waals surface area contributed by atoms with Gasteiger partial charge in [0.1, 0.15) is 4.34 Å². The number of thioether (sulfide) groups is 1. The highest BCUT2D eigenvalue weighted by Crippen LogP contribution is 2.28. The molecule has 0 N–H and O–H groups in total. The van der Waals surface area contributed by atoms with Gasteiger partial charge in [0.25, 0.3) is 16.1 Å². The van der Waals surface area contributed by atoms with E-state index in [1.54, 1.807) is 36.6 Å². The van der Waals surface area contributed by atoms with Crippen LogP contribution in [-0.2, 0) is 16.0 Å². The molecule has 3 heterocycles. The van der Waals surface area contributed by atoms with E-state index in [2.05, 4.69) is 4.98 Å². The molecule has 32 heavy (non-hydrogen) atoms. The number of carbonyl (C=O) groups is 1. The molecule has 2 aliphatic heterocycles. The lowest BCUT2D eigenvalue weighted by Gasteiger charge is -2.36. The quantitative estimate of drug-likeness (QED) is 0.574. The second-order valence-electron chi connectivity index (χ2n) is 8.21. The Morgan fingerprint density at radius 2 is 1.66 bits per heavy atom. The van der Waals surface area contributed by atoms with E-state index in [1.807, 2.05) is 36.6 Å². The number of rotatable bonds is 6. The van der Waals surface area contributed by atoms with E-state index in [-0.39, 0.29) is 5.91 Å². The van der Waals surface area contributed by atoms with E-state index in [0.717, 1.165) is 41.3 Å². The minimum absolute atomic E-state index is 0.0247. The van der Waals surface area contributed by atoms with Crippen molar-refractivity contribution in [3.63, 3.8) is 0 Å². The lowest BCUT2D eigenvalue weighted by atomic mass is 10.1. The monoisotopic (exact) mass is 494 g/mol. The molecular formula is C22H30N4O3S3. The predicted octanol–water partition coefficient (Wildman–Crippen LogP) is 3.62. The Hall–Kier alpha value is -1.46. The van der Waals surface area contributed by atoms with E-state index in [0.29, 0.717) is 50.6 Å². The maximum atomic E-state index is 13.3. The third kappa shape index (κ3) is 5.53. The molecule has 0 aliphatic carbocycles. The van der Waals surface area contributed by atoms with Crippen LogP contribution in [0.4, 0.5) is 0 Å². The number of benzene rings is 1. The van der Waals surface area contributed by atoms with Gasteiger partial charge in [0.15, 0.2) is 0 Å². The van der Waals surface area contributed by atoms with Crippen molar-refractivity contribution in [1.82, 2.24) is 18.5 Å². The van der Waals surface area contributed by atoms with Gasteiger partial charge in [0.2, 0.25) is 0 Å². The third-order valence-electron chi connectivity index (χ3n) is 5.94. The van der Waals surface area contributed by atoms with Gasteiger partial charge in [0, 0.05) is 61.7 Å². The molecule has 2 aliphatic rings. The molecule has 0 bridgehead atoms. The Kier molecular flexibility index (Phi) is 7.88. The zero-order valence-corrected chi connectivity index (χ0v) is 20.9. The highest BCUT2D eigenvalue weighted by molar-refractivity contribution is 8.00. The van der Waals surface area contributed by atoms with Crippen LogP contribution in [0.2, 0.25) is 0 Å². The number of aromatic nitrogens is 1. The standard InChI is InChI=1S/C22H30N4O3S3/c1-18-16-30-22(23-18)31-17-19-8-4-5-9-20(19)21(27)24-12-14-26(15-13-24)32(28,29)25-10-6-2-3-7-11-25/h4-5,8-9,16H,2-3,6-7,10-15,17H2,1H3. The number of aryl methyl sites for hydroxylation is 1. The van der Waals surface area contributed by atoms with Gasteiger partial charge in [-0.3, -0.25) is 4.79 Å². The summed E-state index contributed by atoms with van der Waals surface area (Å²) in [4.78, 5) is 19.5. The number of thiazole rings is 1. The first-order valence-electron chi connectivity index (χ1n) is 11.1. The van der Waals surface area contributed by atoms with Gasteiger partial charge in [-0.1, -0.05) is 42.8 Å². The van der Waals surface area contributed by atoms with Crippen molar-refractivity contribution in [3.05, 3.63) is 46.5 Å². The summed E-state index contributed by atoms with van der Waals surface area (Å²) < 4.78 is 30.3. The predicted molar refractivity (Wildman–Crippen MR) is 129 cm³/mol. The summed E-state index contributed by atoms with van der Waals surface area (Å²) in [5.41, 5.74) is 2.68. The van der Waals surface area contributed by atoms with E-state index < -0.39 is 10.2 Å². The lowest BCUT2D eigenvalue weighted by molar-refractivity contribution is 0.0693. The average Bonchev–Trinajstić information content (AvgIpc) is 3.04. The van der Waals surface area contributed by atoms with Crippen LogP contribution in [0, 0.1) is 6.92 Å². The first kappa shape index (κ1) is 23.7. The zero-order valence-electron chi connectivity index (χ0n) is 18.4. The fourth-order valence-electron chi connectivity index (χ4n) is 4.12. The number of carbonyl (C=O) groups excluding carboxylic acids is 1. The molecule has 2 fully saturated rings. The van der Waals surface area contributed by atoms with E-state index in [4.69, 9.17) is 0 Å². The smallest absolute Gasteiger partial charge is 0.282 e. The Morgan fingerprint density at radius 3 is 2.31 bits per heavy atom. The van der Waals surface area contributed by atoms with Crippen molar-refractivity contribution in [2.75, 3.05) is 39.3 Å². The van der Waals surface area contributed by atoms with Crippen LogP contribution >= 0.6 is 23.1 Å². The fraction of sp³-hybridized carbons (Fsp3) is 0.545. The van der Waals surface area contributed by atoms with Gasteiger partial charge >= 0.3 is 0 Å². The molecular weight excluding hydrogens is 464 g/mol. The number of nitrogens with zero attached hydrogens (tertiary/aromatic N) is 4. The van der Waals surface area contributed by atoms with Crippen molar-refractivity contribution in [3.8, 4) is 0 Å². The Morgan fingerprint density at radius 1 is 1.00 bits per heavy atom. The summed E-state index contributed by atoms with van der Waals surface area (Å²) in [5.74, 6) is 0.654. The molecule has 0 spiro atoms. The summed E-state index contributed by atoms with van der Waals surface area (Å²) in [6.45, 7) is 4.71. The van der Waals surface area contributed by atoms with Crippen LogP contribution in [0.15, 0.2) is 34.0 Å². The molecule has 1 aromatic carbocycles. The topological polar surface area (TPSA) is 73.8 Å². The van der Waals surface area contributed by atoms with Crippen LogP contribution in [-0.4, -0.2) is 72.1 Å². The lowest BCUT2D eigenvalue weighted by Crippen LogP contribution is -2.54. The highest BCUT2D eigenvalue weighted by atomic mass is 32.2. The van der Waals surface area contributed by atoms with Crippen molar-refractivity contribution in [2.24, 2.45) is 0 Å². The largest absolute Gasteiger partial charge is 0.336 e. The zero-order chi connectivity index (χ0) is 22.6. The van der Waals surface area contributed by atoms with Crippen molar-refractivity contribution >= 4 is 39.2 Å². The minimum Gasteiger partial charge on any atom is -0.336 e. The van der Waals surface area contributed by atoms with Gasteiger partial charge < -0.3 is 4.90 Å². The van der Waals surface area contributed by atoms with Crippen molar-refractivity contribution < 1.29 is 13.2 Å². The summed E-state index contributed by atoms with van der Waals surface area (Å²) >= 11 is 3.25. The van der Waals surface area contributed by atoms with Crippen LogP contribution in [0.3, 0.4) is 0 Å². The molecule has 0 atom stereocenters. The average molecular weight is 495 g/mol. The molecule has 2 saturated heterocycles. The number of piperazine rings is 1. The van der Waals surface area contributed by atoms with Gasteiger partial charge in [-0.2, -0.15) is 17.0 Å². The molecule has 0 radical (unpaired) electrons. The fourth-order valence-corrected chi connectivity index (χ4v) is 7.65. The Labute approximate surface area is 199 Å². The number of amides is 1. The SMILES string of the molecule is Cc1csc(SCc2ccccc2C(=O)N2CCN(S(=O)(=O)N3CCCCCC3)CC2)n1. The van der Waals surface area contributed by atoms with Crippen molar-refractivity contribution in [2.45, 2.75) is 42.7 Å². The van der Waals surface area contributed by atoms with Crippen LogP contribution in [0.1, 0.15) is 47.3 Å². The maximum Gasteiger partial charge on any atom is 0.282 e. The molecule has 1 aromatic heterocycles. The molecule has 2 aromatic rings. The Balaban J connectivity index is 1.38. The molecule has 10 heteroatoms. The summed E-state index contributed by atoms with van der Waals surface area (Å²) in [6.07, 6.45) is 4.03. The third-order valence-corrected chi connectivity index (χ3v) is 10.2. The van der Waals surface area contributed by atoms with Crippen LogP contribution < -0.4 is 0 Å². The molecule has 4 rings (SSSR count). The molecule has 0 unspecified atom stereocenters. The maximum absolute atomic E-state index is 13.3. The highest BCUT2D eigenvalue weighted by Gasteiger charge is 2.34.